The fraction of sp³-hybridized carbons (Fsp3) is 0.600. The van der Waals surface area contributed by atoms with E-state index >= 15 is 0 Å². The first-order valence-corrected chi connectivity index (χ1v) is 7.78. The van der Waals surface area contributed by atoms with Gasteiger partial charge in [-0.05, 0) is 49.8 Å². The van der Waals surface area contributed by atoms with Crippen molar-refractivity contribution in [2.24, 2.45) is 11.1 Å². The van der Waals surface area contributed by atoms with Gasteiger partial charge in [0.15, 0.2) is 11.5 Å². The van der Waals surface area contributed by atoms with E-state index in [1.165, 1.54) is 19.3 Å². The van der Waals surface area contributed by atoms with Gasteiger partial charge in [0.1, 0.15) is 0 Å². The van der Waals surface area contributed by atoms with Crippen LogP contribution in [0, 0.1) is 5.41 Å². The van der Waals surface area contributed by atoms with Gasteiger partial charge in [-0.2, -0.15) is 0 Å². The van der Waals surface area contributed by atoms with Crippen molar-refractivity contribution in [3.05, 3.63) is 22.2 Å². The second-order valence-corrected chi connectivity index (χ2v) is 7.22. The second kappa shape index (κ2) is 3.89. The zero-order valence-electron chi connectivity index (χ0n) is 10.9. The maximum atomic E-state index is 6.44. The molecule has 0 radical (unpaired) electrons. The van der Waals surface area contributed by atoms with Crippen molar-refractivity contribution in [3.8, 4) is 11.5 Å². The smallest absolute Gasteiger partial charge is 0.162 e. The Hall–Kier alpha value is -0.740. The minimum atomic E-state index is -0.180. The lowest BCUT2D eigenvalue weighted by atomic mass is 9.73. The van der Waals surface area contributed by atoms with Crippen LogP contribution in [0.5, 0.6) is 11.5 Å². The van der Waals surface area contributed by atoms with Gasteiger partial charge in [0.05, 0.1) is 13.2 Å². The van der Waals surface area contributed by atoms with E-state index in [4.69, 9.17) is 15.2 Å². The van der Waals surface area contributed by atoms with Gasteiger partial charge < -0.3 is 15.2 Å². The van der Waals surface area contributed by atoms with E-state index in [-0.39, 0.29) is 11.0 Å². The largest absolute Gasteiger partial charge is 0.489 e. The molecule has 19 heavy (non-hydrogen) atoms. The summed E-state index contributed by atoms with van der Waals surface area (Å²) in [7, 11) is 0. The summed E-state index contributed by atoms with van der Waals surface area (Å²) < 4.78 is 13.0. The van der Waals surface area contributed by atoms with E-state index in [0.717, 1.165) is 47.6 Å². The van der Waals surface area contributed by atoms with Gasteiger partial charge >= 0.3 is 0 Å². The molecule has 1 aromatic rings. The van der Waals surface area contributed by atoms with E-state index in [2.05, 4.69) is 22.0 Å². The standard InChI is InChI=1S/C15H18BrNO2/c16-11-7-13-12(6-10(11)15(17)2-1-3-15)18-8-14(4-5-14)9-19-13/h6-7H,1-5,8-9,17H2. The summed E-state index contributed by atoms with van der Waals surface area (Å²) in [4.78, 5) is 0. The lowest BCUT2D eigenvalue weighted by molar-refractivity contribution is 0.196. The summed E-state index contributed by atoms with van der Waals surface area (Å²) in [6.07, 6.45) is 5.75. The van der Waals surface area contributed by atoms with Gasteiger partial charge in [-0.1, -0.05) is 15.9 Å². The molecule has 1 aromatic carbocycles. The Kier molecular flexibility index (Phi) is 2.46. The number of halogens is 1. The topological polar surface area (TPSA) is 44.5 Å². The van der Waals surface area contributed by atoms with Crippen molar-refractivity contribution in [3.63, 3.8) is 0 Å². The van der Waals surface area contributed by atoms with Crippen LogP contribution >= 0.6 is 15.9 Å². The molecule has 3 aliphatic rings. The Morgan fingerprint density at radius 2 is 1.63 bits per heavy atom. The second-order valence-electron chi connectivity index (χ2n) is 6.37. The van der Waals surface area contributed by atoms with E-state index in [1.54, 1.807) is 0 Å². The van der Waals surface area contributed by atoms with Crippen molar-refractivity contribution in [2.45, 2.75) is 37.6 Å². The maximum Gasteiger partial charge on any atom is 0.162 e. The molecule has 2 fully saturated rings. The normalized spacial score (nSPS) is 25.6. The zero-order valence-corrected chi connectivity index (χ0v) is 12.5. The summed E-state index contributed by atoms with van der Waals surface area (Å²) >= 11 is 3.64. The molecule has 2 N–H and O–H groups in total. The molecule has 0 bridgehead atoms. The van der Waals surface area contributed by atoms with Gasteiger partial charge in [0, 0.05) is 15.4 Å². The predicted molar refractivity (Wildman–Crippen MR) is 76.5 cm³/mol. The molecule has 0 saturated heterocycles. The molecule has 3 nitrogen and oxygen atoms in total. The molecule has 0 aromatic heterocycles. The molecule has 2 aliphatic carbocycles. The molecule has 0 atom stereocenters. The summed E-state index contributed by atoms with van der Waals surface area (Å²) in [6.45, 7) is 1.55. The number of rotatable bonds is 1. The zero-order chi connectivity index (χ0) is 13.1. The Morgan fingerprint density at radius 3 is 2.16 bits per heavy atom. The summed E-state index contributed by atoms with van der Waals surface area (Å²) in [5.74, 6) is 1.71. The SMILES string of the molecule is NC1(c2cc3c(cc2Br)OCC2(CC2)CO3)CCC1. The van der Waals surface area contributed by atoms with Gasteiger partial charge in [-0.15, -0.1) is 0 Å². The Bertz CT molecular complexity index is 535. The third kappa shape index (κ3) is 1.88. The van der Waals surface area contributed by atoms with Crippen molar-refractivity contribution in [1.82, 2.24) is 0 Å². The summed E-state index contributed by atoms with van der Waals surface area (Å²) in [5.41, 5.74) is 7.70. The molecule has 0 unspecified atom stereocenters. The highest BCUT2D eigenvalue weighted by Gasteiger charge is 2.46. The average Bonchev–Trinajstić information content (AvgIpc) is 3.15. The third-order valence-corrected chi connectivity index (χ3v) is 5.50. The minimum absolute atomic E-state index is 0.180. The van der Waals surface area contributed by atoms with E-state index in [0.29, 0.717) is 0 Å². The molecule has 1 heterocycles. The number of hydrogen-bond donors (Lipinski definition) is 1. The quantitative estimate of drug-likeness (QED) is 0.862. The number of ether oxygens (including phenoxy) is 2. The monoisotopic (exact) mass is 323 g/mol. The highest BCUT2D eigenvalue weighted by atomic mass is 79.9. The van der Waals surface area contributed by atoms with Gasteiger partial charge in [0.25, 0.3) is 0 Å². The first-order valence-electron chi connectivity index (χ1n) is 6.99. The Labute approximate surface area is 121 Å². The highest BCUT2D eigenvalue weighted by molar-refractivity contribution is 9.10. The highest BCUT2D eigenvalue weighted by Crippen LogP contribution is 2.51. The van der Waals surface area contributed by atoms with Crippen LogP contribution in [0.4, 0.5) is 0 Å². The number of benzene rings is 1. The first kappa shape index (κ1) is 12.0. The van der Waals surface area contributed by atoms with Gasteiger partial charge in [-0.25, -0.2) is 0 Å². The first-order chi connectivity index (χ1) is 9.10. The van der Waals surface area contributed by atoms with Crippen LogP contribution in [0.3, 0.4) is 0 Å². The summed E-state index contributed by atoms with van der Waals surface area (Å²) in [6, 6.07) is 4.11. The molecular formula is C15H18BrNO2. The lowest BCUT2D eigenvalue weighted by Gasteiger charge is -2.39. The molecule has 2 saturated carbocycles. The van der Waals surface area contributed by atoms with Crippen molar-refractivity contribution in [2.75, 3.05) is 13.2 Å². The van der Waals surface area contributed by atoms with Gasteiger partial charge in [-0.3, -0.25) is 0 Å². The average molecular weight is 324 g/mol. The van der Waals surface area contributed by atoms with Crippen LogP contribution in [-0.2, 0) is 5.54 Å². The van der Waals surface area contributed by atoms with Crippen molar-refractivity contribution < 1.29 is 9.47 Å². The fourth-order valence-electron chi connectivity index (χ4n) is 2.94. The molecule has 4 rings (SSSR count). The van der Waals surface area contributed by atoms with Crippen LogP contribution in [0.15, 0.2) is 16.6 Å². The number of hydrogen-bond acceptors (Lipinski definition) is 3. The molecule has 0 amide bonds. The van der Waals surface area contributed by atoms with Crippen LogP contribution in [0.2, 0.25) is 0 Å². The van der Waals surface area contributed by atoms with E-state index in [1.807, 2.05) is 6.07 Å². The predicted octanol–water partition coefficient (Wildman–Crippen LogP) is 3.34. The fourth-order valence-corrected chi connectivity index (χ4v) is 3.66. The van der Waals surface area contributed by atoms with Crippen molar-refractivity contribution in [1.29, 1.82) is 0 Å². The van der Waals surface area contributed by atoms with Gasteiger partial charge in [0.2, 0.25) is 0 Å². The third-order valence-electron chi connectivity index (χ3n) is 4.84. The maximum absolute atomic E-state index is 6.44. The van der Waals surface area contributed by atoms with Crippen LogP contribution < -0.4 is 15.2 Å². The molecule has 102 valence electrons. The molecule has 4 heteroatoms. The lowest BCUT2D eigenvalue weighted by Crippen LogP contribution is -2.43. The van der Waals surface area contributed by atoms with Crippen LogP contribution in [0.1, 0.15) is 37.7 Å². The minimum Gasteiger partial charge on any atom is -0.489 e. The van der Waals surface area contributed by atoms with E-state index < -0.39 is 0 Å². The molecular weight excluding hydrogens is 306 g/mol. The Balaban J connectivity index is 1.71. The van der Waals surface area contributed by atoms with E-state index in [9.17, 15) is 0 Å². The van der Waals surface area contributed by atoms with Crippen molar-refractivity contribution >= 4 is 15.9 Å². The van der Waals surface area contributed by atoms with Crippen LogP contribution in [0.25, 0.3) is 0 Å². The summed E-state index contributed by atoms with van der Waals surface area (Å²) in [5, 5.41) is 0. The Morgan fingerprint density at radius 1 is 1.00 bits per heavy atom. The molecule has 1 spiro atoms. The number of nitrogens with two attached hydrogens (primary N) is 1. The van der Waals surface area contributed by atoms with Crippen LogP contribution in [-0.4, -0.2) is 13.2 Å². The number of fused-ring (bicyclic) bond motifs is 1. The molecule has 1 aliphatic heterocycles.